The van der Waals surface area contributed by atoms with Crippen molar-refractivity contribution >= 4 is 11.9 Å². The molecule has 0 spiro atoms. The van der Waals surface area contributed by atoms with Gasteiger partial charge in [0.25, 0.3) is 0 Å². The lowest BCUT2D eigenvalue weighted by molar-refractivity contribution is -0.137. The second-order valence-corrected chi connectivity index (χ2v) is 3.24. The molecule has 2 N–H and O–H groups in total. The summed E-state index contributed by atoms with van der Waals surface area (Å²) >= 11 is 0. The van der Waals surface area contributed by atoms with Crippen molar-refractivity contribution in [3.8, 4) is 0 Å². The molecule has 1 amide bonds. The molecule has 1 aliphatic rings. The third kappa shape index (κ3) is 2.90. The van der Waals surface area contributed by atoms with Gasteiger partial charge in [0.2, 0.25) is 5.91 Å². The summed E-state index contributed by atoms with van der Waals surface area (Å²) in [5.41, 5.74) is 0. The highest BCUT2D eigenvalue weighted by molar-refractivity contribution is 5.75. The highest BCUT2D eigenvalue weighted by Gasteiger charge is 2.32. The van der Waals surface area contributed by atoms with Crippen LogP contribution in [0.15, 0.2) is 0 Å². The molecular weight excluding hydrogens is 158 g/mol. The largest absolute Gasteiger partial charge is 0.481 e. The highest BCUT2D eigenvalue weighted by atomic mass is 16.4. The first-order chi connectivity index (χ1) is 5.59. The lowest BCUT2D eigenvalue weighted by Crippen LogP contribution is -2.36. The number of rotatable bonds is 4. The lowest BCUT2D eigenvalue weighted by atomic mass is 10.1. The molecule has 1 rings (SSSR count). The van der Waals surface area contributed by atoms with Gasteiger partial charge < -0.3 is 10.4 Å². The number of carboxylic acid groups (broad SMARTS) is 1. The summed E-state index contributed by atoms with van der Waals surface area (Å²) in [6.45, 7) is 1.41. The number of carbonyl (C=O) groups excluding carboxylic acids is 1. The minimum atomic E-state index is -0.847. The average molecular weight is 171 g/mol. The van der Waals surface area contributed by atoms with Gasteiger partial charge in [-0.05, 0) is 18.8 Å². The maximum Gasteiger partial charge on any atom is 0.305 e. The molecule has 12 heavy (non-hydrogen) atoms. The maximum absolute atomic E-state index is 10.7. The Labute approximate surface area is 71.0 Å². The van der Waals surface area contributed by atoms with E-state index in [9.17, 15) is 9.59 Å². The summed E-state index contributed by atoms with van der Waals surface area (Å²) in [5, 5.41) is 11.2. The van der Waals surface area contributed by atoms with Crippen LogP contribution in [0, 0.1) is 5.92 Å². The number of carboxylic acids is 1. The van der Waals surface area contributed by atoms with Crippen LogP contribution < -0.4 is 5.32 Å². The monoisotopic (exact) mass is 171 g/mol. The van der Waals surface area contributed by atoms with Gasteiger partial charge >= 0.3 is 5.97 Å². The molecule has 1 aliphatic carbocycles. The normalized spacial score (nSPS) is 18.4. The van der Waals surface area contributed by atoms with Crippen molar-refractivity contribution in [3.63, 3.8) is 0 Å². The number of hydrogen-bond acceptors (Lipinski definition) is 2. The zero-order chi connectivity index (χ0) is 9.14. The highest BCUT2D eigenvalue weighted by Crippen LogP contribution is 2.33. The van der Waals surface area contributed by atoms with Crippen molar-refractivity contribution in [1.82, 2.24) is 5.32 Å². The van der Waals surface area contributed by atoms with Crippen LogP contribution in [0.1, 0.15) is 26.2 Å². The minimum Gasteiger partial charge on any atom is -0.481 e. The van der Waals surface area contributed by atoms with Crippen LogP contribution in [0.25, 0.3) is 0 Å². The van der Waals surface area contributed by atoms with E-state index in [2.05, 4.69) is 5.32 Å². The first-order valence-electron chi connectivity index (χ1n) is 4.08. The fourth-order valence-corrected chi connectivity index (χ4v) is 1.28. The van der Waals surface area contributed by atoms with E-state index in [1.807, 2.05) is 0 Å². The summed E-state index contributed by atoms with van der Waals surface area (Å²) in [5.74, 6) is -0.598. The fourth-order valence-electron chi connectivity index (χ4n) is 1.28. The van der Waals surface area contributed by atoms with Crippen LogP contribution in [0.3, 0.4) is 0 Å². The Bertz CT molecular complexity index is 182. The smallest absolute Gasteiger partial charge is 0.305 e. The molecule has 68 valence electrons. The Kier molecular flexibility index (Phi) is 2.68. The third-order valence-electron chi connectivity index (χ3n) is 1.97. The van der Waals surface area contributed by atoms with E-state index in [4.69, 9.17) is 5.11 Å². The van der Waals surface area contributed by atoms with Crippen LogP contribution in [-0.2, 0) is 9.59 Å². The van der Waals surface area contributed by atoms with E-state index in [1.165, 1.54) is 6.92 Å². The van der Waals surface area contributed by atoms with Crippen LogP contribution >= 0.6 is 0 Å². The van der Waals surface area contributed by atoms with Gasteiger partial charge in [-0.15, -0.1) is 0 Å². The van der Waals surface area contributed by atoms with Gasteiger partial charge in [-0.3, -0.25) is 9.59 Å². The molecule has 4 nitrogen and oxygen atoms in total. The van der Waals surface area contributed by atoms with Crippen molar-refractivity contribution < 1.29 is 14.7 Å². The van der Waals surface area contributed by atoms with Crippen LogP contribution in [0.5, 0.6) is 0 Å². The first kappa shape index (κ1) is 9.03. The number of aliphatic carboxylic acids is 1. The molecule has 0 saturated heterocycles. The van der Waals surface area contributed by atoms with E-state index >= 15 is 0 Å². The number of carbonyl (C=O) groups is 2. The molecule has 1 fully saturated rings. The Morgan fingerprint density at radius 1 is 1.58 bits per heavy atom. The molecule has 4 heteroatoms. The Balaban J connectivity index is 2.37. The van der Waals surface area contributed by atoms with Gasteiger partial charge in [0.05, 0.1) is 6.42 Å². The Hall–Kier alpha value is -1.06. The molecule has 0 aromatic carbocycles. The molecular formula is C8H13NO3. The quantitative estimate of drug-likeness (QED) is 0.642. The lowest BCUT2D eigenvalue weighted by Gasteiger charge is -2.13. The molecule has 0 unspecified atom stereocenters. The molecule has 0 radical (unpaired) electrons. The summed E-state index contributed by atoms with van der Waals surface area (Å²) < 4.78 is 0. The van der Waals surface area contributed by atoms with Gasteiger partial charge in [-0.2, -0.15) is 0 Å². The molecule has 0 aromatic heterocycles. The van der Waals surface area contributed by atoms with Crippen molar-refractivity contribution in [2.75, 3.05) is 0 Å². The van der Waals surface area contributed by atoms with Crippen LogP contribution in [0.4, 0.5) is 0 Å². The van der Waals surface area contributed by atoms with Crippen molar-refractivity contribution in [3.05, 3.63) is 0 Å². The average Bonchev–Trinajstić information content (AvgIpc) is 2.63. The molecule has 1 saturated carbocycles. The summed E-state index contributed by atoms with van der Waals surface area (Å²) in [6, 6.07) is -0.153. The summed E-state index contributed by atoms with van der Waals surface area (Å²) in [4.78, 5) is 21.0. The van der Waals surface area contributed by atoms with Crippen molar-refractivity contribution in [2.24, 2.45) is 5.92 Å². The predicted molar refractivity (Wildman–Crippen MR) is 42.6 cm³/mol. The number of nitrogens with one attached hydrogen (secondary N) is 1. The zero-order valence-corrected chi connectivity index (χ0v) is 7.04. The van der Waals surface area contributed by atoms with Crippen molar-refractivity contribution in [1.29, 1.82) is 0 Å². The van der Waals surface area contributed by atoms with E-state index in [1.54, 1.807) is 0 Å². The number of hydrogen-bond donors (Lipinski definition) is 2. The Morgan fingerprint density at radius 2 is 2.17 bits per heavy atom. The topological polar surface area (TPSA) is 66.4 Å². The summed E-state index contributed by atoms with van der Waals surface area (Å²) in [7, 11) is 0. The van der Waals surface area contributed by atoms with Gasteiger partial charge in [-0.1, -0.05) is 0 Å². The first-order valence-corrected chi connectivity index (χ1v) is 4.08. The minimum absolute atomic E-state index is 0.0459. The van der Waals surface area contributed by atoms with Crippen LogP contribution in [0.2, 0.25) is 0 Å². The molecule has 1 atom stereocenters. The van der Waals surface area contributed by atoms with E-state index in [0.29, 0.717) is 5.92 Å². The molecule has 0 heterocycles. The van der Waals surface area contributed by atoms with Crippen LogP contribution in [-0.4, -0.2) is 23.0 Å². The van der Waals surface area contributed by atoms with Gasteiger partial charge in [0, 0.05) is 13.0 Å². The predicted octanol–water partition coefficient (Wildman–Crippen LogP) is 0.376. The second kappa shape index (κ2) is 3.56. The standard InChI is InChI=1S/C8H13NO3/c1-5(10)9-7(4-8(11)12)6-2-3-6/h6-7H,2-4H2,1H3,(H,9,10)(H,11,12)/t7-/m1/s1. The van der Waals surface area contributed by atoms with E-state index in [0.717, 1.165) is 12.8 Å². The molecule has 0 aromatic rings. The van der Waals surface area contributed by atoms with E-state index < -0.39 is 5.97 Å². The number of amides is 1. The fraction of sp³-hybridized carbons (Fsp3) is 0.750. The summed E-state index contributed by atoms with van der Waals surface area (Å²) in [6.07, 6.45) is 2.13. The van der Waals surface area contributed by atoms with Gasteiger partial charge in [0.15, 0.2) is 0 Å². The van der Waals surface area contributed by atoms with Crippen molar-refractivity contribution in [2.45, 2.75) is 32.2 Å². The second-order valence-electron chi connectivity index (χ2n) is 3.24. The van der Waals surface area contributed by atoms with Gasteiger partial charge in [0.1, 0.15) is 0 Å². The molecule has 0 bridgehead atoms. The third-order valence-corrected chi connectivity index (χ3v) is 1.97. The SMILES string of the molecule is CC(=O)N[C@H](CC(=O)O)C1CC1. The Morgan fingerprint density at radius 3 is 2.50 bits per heavy atom. The van der Waals surface area contributed by atoms with Gasteiger partial charge in [-0.25, -0.2) is 0 Å². The van der Waals surface area contributed by atoms with E-state index in [-0.39, 0.29) is 18.4 Å². The maximum atomic E-state index is 10.7. The molecule has 0 aliphatic heterocycles. The zero-order valence-electron chi connectivity index (χ0n) is 7.04.